The summed E-state index contributed by atoms with van der Waals surface area (Å²) in [6, 6.07) is 15.5. The lowest BCUT2D eigenvalue weighted by molar-refractivity contribution is -0.384. The van der Waals surface area contributed by atoms with Crippen molar-refractivity contribution in [1.29, 1.82) is 0 Å². The molecule has 2 aromatic heterocycles. The number of hydrogen-bond acceptors (Lipinski definition) is 5. The van der Waals surface area contributed by atoms with Crippen LogP contribution in [0.15, 0.2) is 68.6 Å². The van der Waals surface area contributed by atoms with E-state index < -0.39 is 10.8 Å². The van der Waals surface area contributed by atoms with Gasteiger partial charge in [0.15, 0.2) is 5.76 Å². The van der Waals surface area contributed by atoms with Gasteiger partial charge < -0.3 is 8.98 Å². The number of furan rings is 1. The van der Waals surface area contributed by atoms with Crippen LogP contribution in [0.3, 0.4) is 0 Å². The molecule has 9 heteroatoms. The maximum atomic E-state index is 12.4. The first-order chi connectivity index (χ1) is 14.8. The Morgan fingerprint density at radius 1 is 1.19 bits per heavy atom. The second-order valence-electron chi connectivity index (χ2n) is 6.93. The van der Waals surface area contributed by atoms with E-state index in [-0.39, 0.29) is 11.4 Å². The van der Waals surface area contributed by atoms with Gasteiger partial charge in [0, 0.05) is 44.6 Å². The first-order valence-electron chi connectivity index (χ1n) is 9.30. The van der Waals surface area contributed by atoms with Gasteiger partial charge in [-0.15, -0.1) is 0 Å². The number of aryl methyl sites for hydroxylation is 1. The van der Waals surface area contributed by atoms with Crippen molar-refractivity contribution in [2.24, 2.45) is 5.10 Å². The summed E-state index contributed by atoms with van der Waals surface area (Å²) in [5, 5.41) is 15.4. The minimum absolute atomic E-state index is 0.0206. The second-order valence-corrected chi connectivity index (χ2v) is 7.85. The fourth-order valence-electron chi connectivity index (χ4n) is 3.40. The molecule has 0 aliphatic carbocycles. The maximum absolute atomic E-state index is 12.4. The maximum Gasteiger partial charge on any atom is 0.307 e. The Bertz CT molecular complexity index is 1350. The number of amides is 1. The van der Waals surface area contributed by atoms with Crippen molar-refractivity contribution in [2.45, 2.75) is 13.8 Å². The van der Waals surface area contributed by atoms with Gasteiger partial charge in [0.05, 0.1) is 11.1 Å². The zero-order valence-corrected chi connectivity index (χ0v) is 18.2. The number of aromatic nitrogens is 1. The number of carbonyl (C=O) groups excluding carboxylic acids is 1. The average molecular weight is 481 g/mol. The number of nitro groups is 1. The number of non-ortho nitro benzene ring substituents is 1. The number of nitro benzene ring substituents is 1. The molecule has 8 nitrogen and oxygen atoms in total. The zero-order valence-electron chi connectivity index (χ0n) is 16.6. The summed E-state index contributed by atoms with van der Waals surface area (Å²) < 4.78 is 8.55. The van der Waals surface area contributed by atoms with Crippen LogP contribution in [0.4, 0.5) is 5.69 Å². The van der Waals surface area contributed by atoms with Gasteiger partial charge in [-0.1, -0.05) is 22.0 Å². The quantitative estimate of drug-likeness (QED) is 0.238. The molecule has 0 radical (unpaired) electrons. The highest BCUT2D eigenvalue weighted by Gasteiger charge is 2.15. The van der Waals surface area contributed by atoms with Crippen molar-refractivity contribution < 1.29 is 14.1 Å². The number of nitrogens with one attached hydrogen (secondary N) is 1. The van der Waals surface area contributed by atoms with E-state index in [2.05, 4.69) is 31.0 Å². The fraction of sp³-hybridized carbons (Fsp3) is 0.0909. The molecule has 0 fully saturated rings. The number of rotatable bonds is 5. The normalized spacial score (nSPS) is 11.3. The molecule has 0 unspecified atom stereocenters. The SMILES string of the molecule is Cc1cc(/C=N\NC(=O)c2cc3cc([N+](=O)[O-])ccc3o2)c(C)n1-c1cccc(Br)c1. The number of benzene rings is 2. The molecular weight excluding hydrogens is 464 g/mol. The molecule has 4 aromatic rings. The average Bonchev–Trinajstić information content (AvgIpc) is 3.28. The highest BCUT2D eigenvalue weighted by atomic mass is 79.9. The third kappa shape index (κ3) is 4.13. The van der Waals surface area contributed by atoms with Gasteiger partial charge in [0.25, 0.3) is 5.69 Å². The van der Waals surface area contributed by atoms with Gasteiger partial charge in [0.1, 0.15) is 5.58 Å². The van der Waals surface area contributed by atoms with Gasteiger partial charge in [-0.2, -0.15) is 5.10 Å². The van der Waals surface area contributed by atoms with Gasteiger partial charge in [-0.25, -0.2) is 5.43 Å². The zero-order chi connectivity index (χ0) is 22.1. The molecule has 31 heavy (non-hydrogen) atoms. The highest BCUT2D eigenvalue weighted by molar-refractivity contribution is 9.10. The summed E-state index contributed by atoms with van der Waals surface area (Å²) in [4.78, 5) is 22.8. The van der Waals surface area contributed by atoms with Crippen LogP contribution < -0.4 is 5.43 Å². The van der Waals surface area contributed by atoms with E-state index in [0.29, 0.717) is 11.0 Å². The highest BCUT2D eigenvalue weighted by Crippen LogP contribution is 2.25. The lowest BCUT2D eigenvalue weighted by Gasteiger charge is -2.09. The molecule has 2 aromatic carbocycles. The van der Waals surface area contributed by atoms with E-state index in [9.17, 15) is 14.9 Å². The topological polar surface area (TPSA) is 103 Å². The summed E-state index contributed by atoms with van der Waals surface area (Å²) in [5.74, 6) is -0.525. The van der Waals surface area contributed by atoms with Crippen LogP contribution in [0.1, 0.15) is 27.5 Å². The van der Waals surface area contributed by atoms with Crippen LogP contribution in [0.5, 0.6) is 0 Å². The molecule has 1 N–H and O–H groups in total. The minimum Gasteiger partial charge on any atom is -0.451 e. The molecule has 0 saturated carbocycles. The molecule has 0 aliphatic heterocycles. The Kier molecular flexibility index (Phi) is 5.43. The van der Waals surface area contributed by atoms with Crippen LogP contribution in [-0.4, -0.2) is 21.6 Å². The van der Waals surface area contributed by atoms with Gasteiger partial charge in [0.2, 0.25) is 0 Å². The van der Waals surface area contributed by atoms with Crippen molar-refractivity contribution >= 4 is 44.7 Å². The summed E-state index contributed by atoms with van der Waals surface area (Å²) in [7, 11) is 0. The predicted molar refractivity (Wildman–Crippen MR) is 121 cm³/mol. The number of hydrazone groups is 1. The Labute approximate surface area is 185 Å². The first kappa shape index (κ1) is 20.5. The van der Waals surface area contributed by atoms with Gasteiger partial charge in [-0.3, -0.25) is 14.9 Å². The monoisotopic (exact) mass is 480 g/mol. The molecule has 0 spiro atoms. The van der Waals surface area contributed by atoms with E-state index >= 15 is 0 Å². The predicted octanol–water partition coefficient (Wildman–Crippen LogP) is 5.27. The van der Waals surface area contributed by atoms with E-state index in [1.54, 1.807) is 6.21 Å². The van der Waals surface area contributed by atoms with E-state index in [0.717, 1.165) is 27.1 Å². The molecule has 156 valence electrons. The van der Waals surface area contributed by atoms with Crippen LogP contribution in [0, 0.1) is 24.0 Å². The first-order valence-corrected chi connectivity index (χ1v) is 10.1. The lowest BCUT2D eigenvalue weighted by atomic mass is 10.2. The molecule has 4 rings (SSSR count). The Morgan fingerprint density at radius 2 is 2.00 bits per heavy atom. The van der Waals surface area contributed by atoms with Gasteiger partial charge in [-0.05, 0) is 50.2 Å². The van der Waals surface area contributed by atoms with E-state index in [4.69, 9.17) is 4.42 Å². The smallest absolute Gasteiger partial charge is 0.307 e. The van der Waals surface area contributed by atoms with Crippen LogP contribution in [0.25, 0.3) is 16.7 Å². The van der Waals surface area contributed by atoms with Crippen molar-refractivity contribution in [1.82, 2.24) is 9.99 Å². The van der Waals surface area contributed by atoms with E-state index in [1.807, 2.05) is 44.2 Å². The number of carbonyl (C=O) groups is 1. The third-order valence-electron chi connectivity index (χ3n) is 4.84. The van der Waals surface area contributed by atoms with Crippen molar-refractivity contribution in [3.8, 4) is 5.69 Å². The standard InChI is InChI=1S/C22H17BrN4O4/c1-13-8-16(14(2)26(13)18-5-3-4-17(23)11-18)12-24-25-22(28)21-10-15-9-19(27(29)30)6-7-20(15)31-21/h3-12H,1-2H3,(H,25,28)/b24-12-. The van der Waals surface area contributed by atoms with Gasteiger partial charge >= 0.3 is 5.91 Å². The Hall–Kier alpha value is -3.72. The van der Waals surface area contributed by atoms with Crippen LogP contribution >= 0.6 is 15.9 Å². The Balaban J connectivity index is 1.52. The fourth-order valence-corrected chi connectivity index (χ4v) is 3.79. The molecule has 1 amide bonds. The number of hydrogen-bond donors (Lipinski definition) is 1. The molecule has 2 heterocycles. The largest absolute Gasteiger partial charge is 0.451 e. The van der Waals surface area contributed by atoms with Crippen molar-refractivity contribution in [3.63, 3.8) is 0 Å². The molecule has 0 atom stereocenters. The number of nitrogens with zero attached hydrogens (tertiary/aromatic N) is 3. The van der Waals surface area contributed by atoms with Crippen molar-refractivity contribution in [2.75, 3.05) is 0 Å². The molecule has 0 bridgehead atoms. The van der Waals surface area contributed by atoms with Crippen LogP contribution in [-0.2, 0) is 0 Å². The molecule has 0 saturated heterocycles. The molecule has 0 aliphatic rings. The summed E-state index contributed by atoms with van der Waals surface area (Å²) in [6.45, 7) is 3.97. The second kappa shape index (κ2) is 8.19. The number of fused-ring (bicyclic) bond motifs is 1. The summed E-state index contributed by atoms with van der Waals surface area (Å²) >= 11 is 3.49. The summed E-state index contributed by atoms with van der Waals surface area (Å²) in [5.41, 5.74) is 6.64. The Morgan fingerprint density at radius 3 is 2.74 bits per heavy atom. The number of halogens is 1. The summed E-state index contributed by atoms with van der Waals surface area (Å²) in [6.07, 6.45) is 1.57. The lowest BCUT2D eigenvalue weighted by Crippen LogP contribution is -2.16. The third-order valence-corrected chi connectivity index (χ3v) is 5.33. The van der Waals surface area contributed by atoms with E-state index in [1.165, 1.54) is 24.3 Å². The molecular formula is C22H17BrN4O4. The van der Waals surface area contributed by atoms with Crippen molar-refractivity contribution in [3.05, 3.63) is 91.9 Å². The minimum atomic E-state index is -0.545. The van der Waals surface area contributed by atoms with Crippen LogP contribution in [0.2, 0.25) is 0 Å².